The fraction of sp³-hybridized carbons (Fsp3) is 0.300. The maximum atomic E-state index is 12.6. The molecule has 0 saturated carbocycles. The lowest BCUT2D eigenvalue weighted by Crippen LogP contribution is -2.11. The van der Waals surface area contributed by atoms with Crippen LogP contribution in [0.5, 0.6) is 0 Å². The molecule has 1 nitrogen and oxygen atoms in total. The van der Waals surface area contributed by atoms with Crippen LogP contribution in [-0.4, -0.2) is 4.99 Å². The van der Waals surface area contributed by atoms with Crippen molar-refractivity contribution >= 4 is 17.2 Å². The quantitative estimate of drug-likeness (QED) is 0.754. The number of halogens is 1. The van der Waals surface area contributed by atoms with Crippen LogP contribution in [-0.2, 0) is 0 Å². The number of hydrogen-bond acceptors (Lipinski definition) is 1. The molecule has 0 radical (unpaired) electrons. The standard InChI is InChI=1S/C10H12FNS/c1-7(6-10(12)13)8-2-4-9(11)5-3-8/h2-5,7H,6H2,1H3,(H2,12,13). The van der Waals surface area contributed by atoms with Gasteiger partial charge in [-0.15, -0.1) is 0 Å². The first-order chi connectivity index (χ1) is 6.09. The van der Waals surface area contributed by atoms with Crippen LogP contribution in [0.4, 0.5) is 4.39 Å². The van der Waals surface area contributed by atoms with Crippen LogP contribution >= 0.6 is 12.2 Å². The lowest BCUT2D eigenvalue weighted by Gasteiger charge is -2.09. The second-order valence-corrected chi connectivity index (χ2v) is 3.65. The summed E-state index contributed by atoms with van der Waals surface area (Å²) < 4.78 is 12.6. The van der Waals surface area contributed by atoms with Crippen LogP contribution in [0.2, 0.25) is 0 Å². The lowest BCUT2D eigenvalue weighted by molar-refractivity contribution is 0.626. The average Bonchev–Trinajstić information content (AvgIpc) is 2.04. The van der Waals surface area contributed by atoms with E-state index in [1.807, 2.05) is 6.92 Å². The molecular formula is C10H12FNS. The van der Waals surface area contributed by atoms with E-state index >= 15 is 0 Å². The third-order valence-corrected chi connectivity index (χ3v) is 2.11. The van der Waals surface area contributed by atoms with Crippen molar-refractivity contribution in [2.45, 2.75) is 19.3 Å². The molecule has 0 saturated heterocycles. The van der Waals surface area contributed by atoms with Crippen LogP contribution in [0.1, 0.15) is 24.8 Å². The smallest absolute Gasteiger partial charge is 0.123 e. The van der Waals surface area contributed by atoms with Crippen LogP contribution in [0.3, 0.4) is 0 Å². The van der Waals surface area contributed by atoms with Gasteiger partial charge in [-0.05, 0) is 23.6 Å². The zero-order valence-electron chi connectivity index (χ0n) is 7.46. The molecule has 0 aliphatic carbocycles. The lowest BCUT2D eigenvalue weighted by atomic mass is 9.98. The Labute approximate surface area is 82.8 Å². The summed E-state index contributed by atoms with van der Waals surface area (Å²) in [5.74, 6) is 0.0457. The molecular weight excluding hydrogens is 185 g/mol. The summed E-state index contributed by atoms with van der Waals surface area (Å²) in [6, 6.07) is 6.42. The maximum absolute atomic E-state index is 12.6. The molecule has 0 spiro atoms. The number of thiocarbonyl (C=S) groups is 1. The molecule has 2 N–H and O–H groups in total. The molecule has 1 aromatic carbocycles. The molecule has 0 fully saturated rings. The summed E-state index contributed by atoms with van der Waals surface area (Å²) in [6.07, 6.45) is 0.668. The minimum absolute atomic E-state index is 0.216. The van der Waals surface area contributed by atoms with Crippen molar-refractivity contribution in [1.29, 1.82) is 0 Å². The summed E-state index contributed by atoms with van der Waals surface area (Å²) in [5, 5.41) is 0. The summed E-state index contributed by atoms with van der Waals surface area (Å²) in [4.78, 5) is 0.497. The van der Waals surface area contributed by atoms with Gasteiger partial charge in [0.1, 0.15) is 5.82 Å². The van der Waals surface area contributed by atoms with Gasteiger partial charge in [0.05, 0.1) is 4.99 Å². The van der Waals surface area contributed by atoms with Gasteiger partial charge in [-0.1, -0.05) is 31.3 Å². The van der Waals surface area contributed by atoms with E-state index in [1.54, 1.807) is 12.1 Å². The highest BCUT2D eigenvalue weighted by Crippen LogP contribution is 2.18. The topological polar surface area (TPSA) is 26.0 Å². The van der Waals surface area contributed by atoms with Gasteiger partial charge in [-0.2, -0.15) is 0 Å². The molecule has 0 aliphatic heterocycles. The van der Waals surface area contributed by atoms with E-state index in [0.717, 1.165) is 5.56 Å². The average molecular weight is 197 g/mol. The van der Waals surface area contributed by atoms with Crippen molar-refractivity contribution < 1.29 is 4.39 Å². The van der Waals surface area contributed by atoms with Crippen LogP contribution in [0.25, 0.3) is 0 Å². The zero-order valence-corrected chi connectivity index (χ0v) is 8.27. The van der Waals surface area contributed by atoms with E-state index in [0.29, 0.717) is 11.4 Å². The third-order valence-electron chi connectivity index (χ3n) is 1.95. The first-order valence-corrected chi connectivity index (χ1v) is 4.54. The Morgan fingerprint density at radius 2 is 2.00 bits per heavy atom. The fourth-order valence-electron chi connectivity index (χ4n) is 1.21. The Kier molecular flexibility index (Phi) is 3.37. The maximum Gasteiger partial charge on any atom is 0.123 e. The molecule has 0 heterocycles. The molecule has 0 aliphatic rings. The zero-order chi connectivity index (χ0) is 9.84. The van der Waals surface area contributed by atoms with Crippen molar-refractivity contribution in [3.8, 4) is 0 Å². The van der Waals surface area contributed by atoms with E-state index < -0.39 is 0 Å². The summed E-state index contributed by atoms with van der Waals surface area (Å²) in [6.45, 7) is 2.02. The second-order valence-electron chi connectivity index (χ2n) is 3.12. The third kappa shape index (κ3) is 3.11. The van der Waals surface area contributed by atoms with Gasteiger partial charge in [0.25, 0.3) is 0 Å². The number of benzene rings is 1. The Morgan fingerprint density at radius 3 is 2.46 bits per heavy atom. The predicted molar refractivity (Wildman–Crippen MR) is 56.2 cm³/mol. The minimum Gasteiger partial charge on any atom is -0.393 e. The highest BCUT2D eigenvalue weighted by molar-refractivity contribution is 7.80. The van der Waals surface area contributed by atoms with Crippen LogP contribution in [0.15, 0.2) is 24.3 Å². The van der Waals surface area contributed by atoms with Gasteiger partial charge >= 0.3 is 0 Å². The molecule has 0 bridgehead atoms. The SMILES string of the molecule is CC(CC(N)=S)c1ccc(F)cc1. The van der Waals surface area contributed by atoms with E-state index in [1.165, 1.54) is 12.1 Å². The molecule has 0 aromatic heterocycles. The van der Waals surface area contributed by atoms with E-state index in [4.69, 9.17) is 18.0 Å². The van der Waals surface area contributed by atoms with E-state index in [-0.39, 0.29) is 11.7 Å². The highest BCUT2D eigenvalue weighted by atomic mass is 32.1. The first kappa shape index (κ1) is 10.1. The van der Waals surface area contributed by atoms with Crippen molar-refractivity contribution in [2.24, 2.45) is 5.73 Å². The molecule has 13 heavy (non-hydrogen) atoms. The molecule has 1 rings (SSSR count). The molecule has 0 amide bonds. The molecule has 70 valence electrons. The van der Waals surface area contributed by atoms with Crippen molar-refractivity contribution in [2.75, 3.05) is 0 Å². The van der Waals surface area contributed by atoms with Gasteiger partial charge in [0.15, 0.2) is 0 Å². The molecule has 1 atom stereocenters. The van der Waals surface area contributed by atoms with Crippen molar-refractivity contribution in [3.63, 3.8) is 0 Å². The Balaban J connectivity index is 2.71. The fourth-order valence-corrected chi connectivity index (χ4v) is 1.46. The van der Waals surface area contributed by atoms with Crippen LogP contribution < -0.4 is 5.73 Å². The first-order valence-electron chi connectivity index (χ1n) is 4.13. The van der Waals surface area contributed by atoms with Crippen molar-refractivity contribution in [3.05, 3.63) is 35.6 Å². The largest absolute Gasteiger partial charge is 0.393 e. The normalized spacial score (nSPS) is 12.5. The summed E-state index contributed by atoms with van der Waals surface area (Å²) >= 11 is 4.80. The second kappa shape index (κ2) is 4.33. The predicted octanol–water partition coefficient (Wildman–Crippen LogP) is 2.61. The minimum atomic E-state index is -0.216. The molecule has 3 heteroatoms. The van der Waals surface area contributed by atoms with Gasteiger partial charge in [-0.3, -0.25) is 0 Å². The number of hydrogen-bond donors (Lipinski definition) is 1. The monoisotopic (exact) mass is 197 g/mol. The van der Waals surface area contributed by atoms with Gasteiger partial charge in [-0.25, -0.2) is 4.39 Å². The Bertz CT molecular complexity index is 294. The number of nitrogens with two attached hydrogens (primary N) is 1. The van der Waals surface area contributed by atoms with E-state index in [2.05, 4.69) is 0 Å². The van der Waals surface area contributed by atoms with Gasteiger partial charge < -0.3 is 5.73 Å². The van der Waals surface area contributed by atoms with Gasteiger partial charge in [0, 0.05) is 6.42 Å². The Morgan fingerprint density at radius 1 is 1.46 bits per heavy atom. The molecule has 1 unspecified atom stereocenters. The number of rotatable bonds is 3. The van der Waals surface area contributed by atoms with Gasteiger partial charge in [0.2, 0.25) is 0 Å². The van der Waals surface area contributed by atoms with E-state index in [9.17, 15) is 4.39 Å². The molecule has 1 aromatic rings. The van der Waals surface area contributed by atoms with Crippen molar-refractivity contribution in [1.82, 2.24) is 0 Å². The summed E-state index contributed by atoms with van der Waals surface area (Å²) in [5.41, 5.74) is 6.48. The Hall–Kier alpha value is -0.960. The highest BCUT2D eigenvalue weighted by Gasteiger charge is 2.06. The van der Waals surface area contributed by atoms with Crippen LogP contribution in [0, 0.1) is 5.82 Å². The summed E-state index contributed by atoms with van der Waals surface area (Å²) in [7, 11) is 0.